The minimum Gasteiger partial charge on any atom is -0.512 e. The second-order valence-corrected chi connectivity index (χ2v) is 10.3. The maximum absolute atomic E-state index is 14.3. The number of para-hydroxylation sites is 1. The van der Waals surface area contributed by atoms with Gasteiger partial charge in [0.05, 0.1) is 0 Å². The van der Waals surface area contributed by atoms with Crippen LogP contribution in [0.1, 0.15) is 41.5 Å². The van der Waals surface area contributed by atoms with E-state index in [9.17, 15) is 14.3 Å². The zero-order chi connectivity index (χ0) is 25.8. The topological polar surface area (TPSA) is 59.4 Å². The number of nitrogens with zero attached hydrogens (tertiary/aromatic N) is 1. The Kier molecular flexibility index (Phi) is 9.53. The van der Waals surface area contributed by atoms with Gasteiger partial charge in [-0.1, -0.05) is 65.8 Å². The largest absolute Gasteiger partial charge is 0.512 e. The fraction of sp³-hybridized carbons (Fsp3) is 0.267. The molecule has 36 heavy (non-hydrogen) atoms. The number of pyridine rings is 1. The van der Waals surface area contributed by atoms with Crippen LogP contribution in [0, 0.1) is 22.7 Å². The molecule has 4 nitrogen and oxygen atoms in total. The number of aliphatic hydroxyl groups is 1. The monoisotopic (exact) mass is 665 g/mol. The molecule has 0 saturated heterocycles. The van der Waals surface area contributed by atoms with E-state index in [4.69, 9.17) is 4.74 Å². The van der Waals surface area contributed by atoms with E-state index in [2.05, 4.69) is 11.1 Å². The first kappa shape index (κ1) is 29.2. The molecule has 1 radical (unpaired) electrons. The van der Waals surface area contributed by atoms with Crippen LogP contribution >= 0.6 is 0 Å². The van der Waals surface area contributed by atoms with Gasteiger partial charge in [-0.15, -0.1) is 12.1 Å². The van der Waals surface area contributed by atoms with Crippen molar-refractivity contribution in [1.29, 1.82) is 0 Å². The summed E-state index contributed by atoms with van der Waals surface area (Å²) in [5.41, 5.74) is -0.764. The summed E-state index contributed by atoms with van der Waals surface area (Å²) in [6, 6.07) is 21.0. The number of ketones is 1. The molecule has 4 rings (SSSR count). The Hall–Kier alpha value is -3.08. The number of fused-ring (bicyclic) bond motifs is 3. The molecule has 1 aromatic heterocycles. The van der Waals surface area contributed by atoms with Gasteiger partial charge in [0.25, 0.3) is 0 Å². The van der Waals surface area contributed by atoms with Gasteiger partial charge in [-0.2, -0.15) is 18.2 Å². The molecule has 6 heteroatoms. The summed E-state index contributed by atoms with van der Waals surface area (Å²) in [7, 11) is 0. The first-order valence-corrected chi connectivity index (χ1v) is 11.4. The molecule has 1 N–H and O–H groups in total. The predicted octanol–water partition coefficient (Wildman–Crippen LogP) is 8.21. The van der Waals surface area contributed by atoms with Crippen LogP contribution in [0.4, 0.5) is 4.39 Å². The zero-order valence-electron chi connectivity index (χ0n) is 21.4. The molecule has 1 heterocycles. The molecular formula is C30H31FIrNO3-. The second-order valence-electron chi connectivity index (χ2n) is 10.3. The zero-order valence-corrected chi connectivity index (χ0v) is 23.7. The average molecular weight is 665 g/mol. The van der Waals surface area contributed by atoms with E-state index in [0.717, 1.165) is 10.8 Å². The molecule has 0 amide bonds. The molecule has 4 aromatic rings. The Morgan fingerprint density at radius 3 is 2.11 bits per heavy atom. The van der Waals surface area contributed by atoms with E-state index in [0.29, 0.717) is 22.4 Å². The quantitative estimate of drug-likeness (QED) is 0.104. The van der Waals surface area contributed by atoms with Crippen molar-refractivity contribution in [3.8, 4) is 11.6 Å². The van der Waals surface area contributed by atoms with Crippen molar-refractivity contribution in [2.45, 2.75) is 41.5 Å². The molecular weight excluding hydrogens is 634 g/mol. The molecule has 0 spiro atoms. The summed E-state index contributed by atoms with van der Waals surface area (Å²) in [5.74, 6) is 0.756. The van der Waals surface area contributed by atoms with E-state index >= 15 is 0 Å². The van der Waals surface area contributed by atoms with Crippen LogP contribution in [-0.2, 0) is 24.9 Å². The van der Waals surface area contributed by atoms with Gasteiger partial charge >= 0.3 is 0 Å². The number of carbonyl (C=O) groups is 1. The summed E-state index contributed by atoms with van der Waals surface area (Å²) in [6.07, 6.45) is 3.00. The van der Waals surface area contributed by atoms with Crippen molar-refractivity contribution >= 4 is 27.3 Å². The van der Waals surface area contributed by atoms with Gasteiger partial charge in [0.1, 0.15) is 11.6 Å². The molecule has 0 fully saturated rings. The minimum absolute atomic E-state index is 0. The number of allylic oxidation sites excluding steroid dienone is 2. The Bertz CT molecular complexity index is 1370. The van der Waals surface area contributed by atoms with Gasteiger partial charge in [0.2, 0.25) is 5.88 Å². The number of benzene rings is 3. The maximum atomic E-state index is 14.3. The number of halogens is 1. The van der Waals surface area contributed by atoms with E-state index in [-0.39, 0.29) is 42.9 Å². The molecule has 0 bridgehead atoms. The molecule has 0 aliphatic rings. The van der Waals surface area contributed by atoms with Crippen LogP contribution in [0.2, 0.25) is 0 Å². The summed E-state index contributed by atoms with van der Waals surface area (Å²) in [6.45, 7) is 11.1. The fourth-order valence-electron chi connectivity index (χ4n) is 3.14. The van der Waals surface area contributed by atoms with Gasteiger partial charge in [0.15, 0.2) is 5.78 Å². The average Bonchev–Trinajstić information content (AvgIpc) is 2.80. The smallest absolute Gasteiger partial charge is 0.224 e. The third-order valence-electron chi connectivity index (χ3n) is 5.36. The molecule has 191 valence electrons. The van der Waals surface area contributed by atoms with Crippen LogP contribution < -0.4 is 4.74 Å². The standard InChI is InChI=1S/C19H11FNO.C11H20O2.Ir/c20-18-12-17-15(14-8-4-5-9-16(14)18)10-11-21-19(17)22-13-6-2-1-3-7-13;1-10(2,3)8(12)7-9(13)11(4,5)6;/h1-6,8-12H;7,12H,1-6H3;/q-1;;/b;8-7-;. The van der Waals surface area contributed by atoms with Gasteiger partial charge in [-0.05, 0) is 22.9 Å². The number of hydrogen-bond acceptors (Lipinski definition) is 4. The molecule has 0 saturated carbocycles. The normalized spacial score (nSPS) is 11.9. The van der Waals surface area contributed by atoms with Crippen molar-refractivity contribution in [3.05, 3.63) is 90.6 Å². The number of rotatable bonds is 3. The molecule has 0 aliphatic heterocycles. The van der Waals surface area contributed by atoms with E-state index < -0.39 is 5.41 Å². The third kappa shape index (κ3) is 7.22. The Balaban J connectivity index is 0.000000285. The SMILES string of the molecule is CC(C)(C)C(=O)/C=C(\O)C(C)(C)C.Fc1cc2c(Oc3[c-]cccc3)nccc2c2ccccc12.[Ir]. The van der Waals surface area contributed by atoms with Crippen molar-refractivity contribution in [1.82, 2.24) is 4.98 Å². The predicted molar refractivity (Wildman–Crippen MR) is 139 cm³/mol. The first-order chi connectivity index (χ1) is 16.4. The van der Waals surface area contributed by atoms with E-state index in [1.54, 1.807) is 24.4 Å². The summed E-state index contributed by atoms with van der Waals surface area (Å²) >= 11 is 0. The Morgan fingerprint density at radius 1 is 0.917 bits per heavy atom. The summed E-state index contributed by atoms with van der Waals surface area (Å²) in [4.78, 5) is 15.7. The molecule has 0 aliphatic carbocycles. The van der Waals surface area contributed by atoms with Crippen molar-refractivity contribution in [2.75, 3.05) is 0 Å². The number of hydrogen-bond donors (Lipinski definition) is 1. The first-order valence-electron chi connectivity index (χ1n) is 11.4. The summed E-state index contributed by atoms with van der Waals surface area (Å²) < 4.78 is 20.1. The van der Waals surface area contributed by atoms with Crippen LogP contribution in [0.15, 0.2) is 78.7 Å². The van der Waals surface area contributed by atoms with Crippen molar-refractivity contribution in [3.63, 3.8) is 0 Å². The van der Waals surface area contributed by atoms with Crippen molar-refractivity contribution in [2.24, 2.45) is 10.8 Å². The Morgan fingerprint density at radius 2 is 1.53 bits per heavy atom. The summed E-state index contributed by atoms with van der Waals surface area (Å²) in [5, 5.41) is 12.6. The van der Waals surface area contributed by atoms with Gasteiger partial charge in [0, 0.05) is 59.7 Å². The molecule has 0 unspecified atom stereocenters. The van der Waals surface area contributed by atoms with E-state index in [1.165, 1.54) is 12.1 Å². The fourth-order valence-corrected chi connectivity index (χ4v) is 3.14. The molecule has 0 atom stereocenters. The minimum atomic E-state index is -0.417. The number of ether oxygens (including phenoxy) is 1. The van der Waals surface area contributed by atoms with Gasteiger partial charge < -0.3 is 9.84 Å². The number of aliphatic hydroxyl groups excluding tert-OH is 1. The maximum Gasteiger partial charge on any atom is 0.224 e. The van der Waals surface area contributed by atoms with Crippen LogP contribution in [-0.4, -0.2) is 15.9 Å². The van der Waals surface area contributed by atoms with Crippen LogP contribution in [0.5, 0.6) is 11.6 Å². The third-order valence-corrected chi connectivity index (χ3v) is 5.36. The number of aromatic nitrogens is 1. The second kappa shape index (κ2) is 11.8. The molecule has 3 aromatic carbocycles. The van der Waals surface area contributed by atoms with Gasteiger partial charge in [-0.3, -0.25) is 4.79 Å². The van der Waals surface area contributed by atoms with Crippen LogP contribution in [0.3, 0.4) is 0 Å². The van der Waals surface area contributed by atoms with Crippen LogP contribution in [0.25, 0.3) is 21.5 Å². The number of carbonyl (C=O) groups excluding carboxylic acids is 1. The Labute approximate surface area is 225 Å². The van der Waals surface area contributed by atoms with Gasteiger partial charge in [-0.25, -0.2) is 9.37 Å². The van der Waals surface area contributed by atoms with E-state index in [1.807, 2.05) is 77.9 Å². The van der Waals surface area contributed by atoms with Crippen molar-refractivity contribution < 1.29 is 39.1 Å².